The Morgan fingerprint density at radius 1 is 1.20 bits per heavy atom. The normalized spacial score (nSPS) is 14.5. The highest BCUT2D eigenvalue weighted by Crippen LogP contribution is 2.35. The molecule has 0 spiro atoms. The molecule has 7 heteroatoms. The zero-order valence-corrected chi connectivity index (χ0v) is 18.5. The predicted molar refractivity (Wildman–Crippen MR) is 119 cm³/mol. The Morgan fingerprint density at radius 3 is 2.63 bits per heavy atom. The van der Waals surface area contributed by atoms with Crippen molar-refractivity contribution in [2.45, 2.75) is 57.4 Å². The van der Waals surface area contributed by atoms with Crippen molar-refractivity contribution < 1.29 is 4.79 Å². The average molecular weight is 422 g/mol. The average Bonchev–Trinajstić information content (AvgIpc) is 3.51. The second-order valence-electron chi connectivity index (χ2n) is 7.62. The minimum atomic E-state index is -0.0293. The minimum absolute atomic E-state index is 0.0293. The molecule has 0 N–H and O–H groups in total. The second kappa shape index (κ2) is 9.00. The molecule has 1 atom stereocenters. The lowest BCUT2D eigenvalue weighted by Gasteiger charge is -2.29. The van der Waals surface area contributed by atoms with Gasteiger partial charge in [0.15, 0.2) is 11.0 Å². The number of thioether (sulfide) groups is 1. The number of aryl methyl sites for hydroxylation is 1. The molecule has 1 aliphatic rings. The molecular formula is C23H27N5OS. The number of hydrogen-bond donors (Lipinski definition) is 0. The van der Waals surface area contributed by atoms with E-state index in [1.54, 1.807) is 6.20 Å². The summed E-state index contributed by atoms with van der Waals surface area (Å²) in [5, 5.41) is 9.60. The number of carbonyl (C=O) groups excluding carboxylic acids is 1. The maximum atomic E-state index is 13.2. The van der Waals surface area contributed by atoms with Gasteiger partial charge in [-0.3, -0.25) is 9.78 Å². The van der Waals surface area contributed by atoms with Crippen molar-refractivity contribution in [1.82, 2.24) is 24.6 Å². The molecule has 6 nitrogen and oxygen atoms in total. The Kier molecular flexibility index (Phi) is 6.18. The van der Waals surface area contributed by atoms with Crippen LogP contribution in [0.2, 0.25) is 0 Å². The standard InChI is InChI=1S/C23H27N5OS/c1-4-27-22(19-10-6-5-9-16(19)2)25-26-23(27)30-15-21(29)28(18-12-13-18)17(3)20-11-7-8-14-24-20/h5-11,14,17-18H,4,12-13,15H2,1-3H3. The van der Waals surface area contributed by atoms with Crippen molar-refractivity contribution in [1.29, 1.82) is 0 Å². The monoisotopic (exact) mass is 421 g/mol. The lowest BCUT2D eigenvalue weighted by Crippen LogP contribution is -2.37. The van der Waals surface area contributed by atoms with Crippen LogP contribution in [0.3, 0.4) is 0 Å². The van der Waals surface area contributed by atoms with Crippen LogP contribution in [0.15, 0.2) is 53.8 Å². The third-order valence-electron chi connectivity index (χ3n) is 5.51. The van der Waals surface area contributed by atoms with Crippen LogP contribution in [0.4, 0.5) is 0 Å². The third-order valence-corrected chi connectivity index (χ3v) is 6.46. The number of rotatable bonds is 8. The molecule has 2 heterocycles. The van der Waals surface area contributed by atoms with Gasteiger partial charge in [-0.05, 0) is 51.3 Å². The van der Waals surface area contributed by atoms with Gasteiger partial charge in [0.2, 0.25) is 5.91 Å². The largest absolute Gasteiger partial charge is 0.331 e. The van der Waals surface area contributed by atoms with Gasteiger partial charge in [0.1, 0.15) is 0 Å². The fourth-order valence-corrected chi connectivity index (χ4v) is 4.63. The molecule has 156 valence electrons. The highest BCUT2D eigenvalue weighted by molar-refractivity contribution is 7.99. The van der Waals surface area contributed by atoms with Crippen molar-refractivity contribution in [2.75, 3.05) is 5.75 Å². The van der Waals surface area contributed by atoms with E-state index < -0.39 is 0 Å². The first-order chi connectivity index (χ1) is 14.6. The van der Waals surface area contributed by atoms with Crippen LogP contribution in [0.1, 0.15) is 44.0 Å². The maximum Gasteiger partial charge on any atom is 0.233 e. The van der Waals surface area contributed by atoms with Crippen LogP contribution in [0, 0.1) is 6.92 Å². The molecule has 0 bridgehead atoms. The molecule has 30 heavy (non-hydrogen) atoms. The summed E-state index contributed by atoms with van der Waals surface area (Å²) in [4.78, 5) is 19.6. The van der Waals surface area contributed by atoms with E-state index in [4.69, 9.17) is 0 Å². The van der Waals surface area contributed by atoms with Gasteiger partial charge in [-0.25, -0.2) is 0 Å². The lowest BCUT2D eigenvalue weighted by atomic mass is 10.1. The van der Waals surface area contributed by atoms with Crippen LogP contribution < -0.4 is 0 Å². The van der Waals surface area contributed by atoms with Crippen molar-refractivity contribution in [3.8, 4) is 11.4 Å². The summed E-state index contributed by atoms with van der Waals surface area (Å²) < 4.78 is 2.09. The van der Waals surface area contributed by atoms with Gasteiger partial charge in [-0.15, -0.1) is 10.2 Å². The first-order valence-corrected chi connectivity index (χ1v) is 11.4. The number of pyridine rings is 1. The number of carbonyl (C=O) groups is 1. The highest BCUT2D eigenvalue weighted by Gasteiger charge is 2.36. The molecule has 0 radical (unpaired) electrons. The summed E-state index contributed by atoms with van der Waals surface area (Å²) in [7, 11) is 0. The zero-order chi connectivity index (χ0) is 21.1. The number of hydrogen-bond acceptors (Lipinski definition) is 5. The second-order valence-corrected chi connectivity index (χ2v) is 8.56. The minimum Gasteiger partial charge on any atom is -0.331 e. The molecule has 1 saturated carbocycles. The molecule has 0 saturated heterocycles. The number of nitrogens with zero attached hydrogens (tertiary/aromatic N) is 5. The summed E-state index contributed by atoms with van der Waals surface area (Å²) >= 11 is 1.46. The molecule has 1 amide bonds. The van der Waals surface area contributed by atoms with Crippen molar-refractivity contribution in [3.05, 3.63) is 59.9 Å². The molecule has 0 aliphatic heterocycles. The molecule has 1 fully saturated rings. The summed E-state index contributed by atoms with van der Waals surface area (Å²) in [5.74, 6) is 1.33. The Labute approximate surface area is 181 Å². The van der Waals surface area contributed by atoms with Crippen LogP contribution >= 0.6 is 11.8 Å². The number of benzene rings is 1. The van der Waals surface area contributed by atoms with Crippen molar-refractivity contribution in [3.63, 3.8) is 0 Å². The van der Waals surface area contributed by atoms with Gasteiger partial charge in [0.05, 0.1) is 17.5 Å². The SMILES string of the molecule is CCn1c(SCC(=O)N(C2CC2)C(C)c2ccccn2)nnc1-c1ccccc1C. The number of aromatic nitrogens is 4. The Bertz CT molecular complexity index is 1020. The molecule has 1 aromatic carbocycles. The molecule has 1 aliphatic carbocycles. The Balaban J connectivity index is 1.50. The fourth-order valence-electron chi connectivity index (χ4n) is 3.76. The van der Waals surface area contributed by atoms with E-state index in [0.717, 1.165) is 47.2 Å². The van der Waals surface area contributed by atoms with E-state index in [1.165, 1.54) is 11.8 Å². The Morgan fingerprint density at radius 2 is 1.97 bits per heavy atom. The fraction of sp³-hybridized carbons (Fsp3) is 0.391. The van der Waals surface area contributed by atoms with Crippen molar-refractivity contribution >= 4 is 17.7 Å². The van der Waals surface area contributed by atoms with Gasteiger partial charge in [0, 0.05) is 24.3 Å². The summed E-state index contributed by atoms with van der Waals surface area (Å²) in [6, 6.07) is 14.3. The highest BCUT2D eigenvalue weighted by atomic mass is 32.2. The van der Waals surface area contributed by atoms with Gasteiger partial charge in [-0.1, -0.05) is 42.1 Å². The van der Waals surface area contributed by atoms with E-state index in [2.05, 4.69) is 52.7 Å². The van der Waals surface area contributed by atoms with Crippen molar-refractivity contribution in [2.24, 2.45) is 0 Å². The first-order valence-electron chi connectivity index (χ1n) is 10.4. The summed E-state index contributed by atoms with van der Waals surface area (Å²) in [5.41, 5.74) is 3.17. The summed E-state index contributed by atoms with van der Waals surface area (Å²) in [6.45, 7) is 6.97. The van der Waals surface area contributed by atoms with Crippen LogP contribution in [-0.4, -0.2) is 42.4 Å². The van der Waals surface area contributed by atoms with Crippen LogP contribution in [0.25, 0.3) is 11.4 Å². The lowest BCUT2D eigenvalue weighted by molar-refractivity contribution is -0.131. The van der Waals surface area contributed by atoms with Gasteiger partial charge in [0.25, 0.3) is 0 Å². The smallest absolute Gasteiger partial charge is 0.233 e. The zero-order valence-electron chi connectivity index (χ0n) is 17.7. The first kappa shape index (κ1) is 20.6. The molecule has 3 aromatic rings. The van der Waals surface area contributed by atoms with E-state index in [1.807, 2.05) is 35.2 Å². The Hall–Kier alpha value is -2.67. The van der Waals surface area contributed by atoms with Gasteiger partial charge < -0.3 is 9.47 Å². The number of amides is 1. The van der Waals surface area contributed by atoms with Gasteiger partial charge >= 0.3 is 0 Å². The molecule has 2 aromatic heterocycles. The maximum absolute atomic E-state index is 13.2. The van der Waals surface area contributed by atoms with E-state index in [0.29, 0.717) is 11.8 Å². The topological polar surface area (TPSA) is 63.9 Å². The van der Waals surface area contributed by atoms with E-state index in [9.17, 15) is 4.79 Å². The van der Waals surface area contributed by atoms with Crippen LogP contribution in [0.5, 0.6) is 0 Å². The van der Waals surface area contributed by atoms with E-state index >= 15 is 0 Å². The molecule has 1 unspecified atom stereocenters. The van der Waals surface area contributed by atoms with E-state index in [-0.39, 0.29) is 11.9 Å². The molecule has 4 rings (SSSR count). The summed E-state index contributed by atoms with van der Waals surface area (Å²) in [6.07, 6.45) is 3.92. The van der Waals surface area contributed by atoms with Gasteiger partial charge in [-0.2, -0.15) is 0 Å². The quantitative estimate of drug-likeness (QED) is 0.501. The molecular weight excluding hydrogens is 394 g/mol. The third kappa shape index (κ3) is 4.26. The predicted octanol–water partition coefficient (Wildman–Crippen LogP) is 4.51. The van der Waals surface area contributed by atoms with Crippen LogP contribution in [-0.2, 0) is 11.3 Å².